The number of aliphatic hydroxyl groups is 1. The summed E-state index contributed by atoms with van der Waals surface area (Å²) in [5.41, 5.74) is 8.27. The average Bonchev–Trinajstić information content (AvgIpc) is 2.87. The van der Waals surface area contributed by atoms with Gasteiger partial charge in [-0.3, -0.25) is 4.98 Å². The standard InChI is InChI=1S/C28H27N3O2S/c1-4-19-9-11-20(12-10-19)26-30-27-24(13-23-22(15-32)14-29-18(3)25(23)33-27)28(31-26)34-16-21-8-6-5-7-17(21)2/h5-12,14,32H,4,13,15-16H2,1-3H3. The number of benzene rings is 2. The van der Waals surface area contributed by atoms with Crippen LogP contribution in [-0.4, -0.2) is 20.1 Å². The smallest absolute Gasteiger partial charge is 0.227 e. The zero-order valence-electron chi connectivity index (χ0n) is 19.6. The largest absolute Gasteiger partial charge is 0.436 e. The molecule has 6 heteroatoms. The van der Waals surface area contributed by atoms with E-state index in [1.54, 1.807) is 18.0 Å². The summed E-state index contributed by atoms with van der Waals surface area (Å²) < 4.78 is 6.34. The van der Waals surface area contributed by atoms with Crippen molar-refractivity contribution < 1.29 is 9.84 Å². The van der Waals surface area contributed by atoms with Gasteiger partial charge in [-0.1, -0.05) is 55.5 Å². The zero-order chi connectivity index (χ0) is 23.7. The van der Waals surface area contributed by atoms with Crippen LogP contribution in [0.3, 0.4) is 0 Å². The van der Waals surface area contributed by atoms with Crippen LogP contribution >= 0.6 is 11.8 Å². The van der Waals surface area contributed by atoms with Crippen LogP contribution in [0.5, 0.6) is 11.6 Å². The number of rotatable bonds is 6. The van der Waals surface area contributed by atoms with Crippen molar-refractivity contribution in [2.24, 2.45) is 0 Å². The molecule has 5 nitrogen and oxygen atoms in total. The molecular formula is C28H27N3O2S. The third-order valence-electron chi connectivity index (χ3n) is 6.30. The number of hydrogen-bond donors (Lipinski definition) is 1. The summed E-state index contributed by atoms with van der Waals surface area (Å²) in [6, 6.07) is 16.8. The van der Waals surface area contributed by atoms with Crippen molar-refractivity contribution in [3.8, 4) is 23.0 Å². The first kappa shape index (κ1) is 22.6. The molecule has 2 aromatic heterocycles. The molecule has 0 aliphatic carbocycles. The molecule has 0 unspecified atom stereocenters. The van der Waals surface area contributed by atoms with Crippen LogP contribution in [0.4, 0.5) is 0 Å². The van der Waals surface area contributed by atoms with Gasteiger partial charge in [0.2, 0.25) is 5.88 Å². The number of pyridine rings is 1. The number of thioether (sulfide) groups is 1. The van der Waals surface area contributed by atoms with Crippen LogP contribution in [0.1, 0.15) is 46.0 Å². The van der Waals surface area contributed by atoms with Crippen LogP contribution in [0.25, 0.3) is 11.4 Å². The fourth-order valence-corrected chi connectivity index (χ4v) is 5.25. The molecule has 2 aromatic carbocycles. The van der Waals surface area contributed by atoms with Crippen molar-refractivity contribution in [1.82, 2.24) is 15.0 Å². The van der Waals surface area contributed by atoms with Gasteiger partial charge in [-0.05, 0) is 37.0 Å². The number of hydrogen-bond acceptors (Lipinski definition) is 6. The first-order chi connectivity index (χ1) is 16.6. The number of aryl methyl sites for hydroxylation is 3. The fourth-order valence-electron chi connectivity index (χ4n) is 4.15. The Morgan fingerprint density at radius 1 is 0.971 bits per heavy atom. The van der Waals surface area contributed by atoms with E-state index in [0.29, 0.717) is 23.9 Å². The molecule has 0 saturated heterocycles. The van der Waals surface area contributed by atoms with Gasteiger partial charge in [-0.25, -0.2) is 4.98 Å². The maximum atomic E-state index is 9.89. The van der Waals surface area contributed by atoms with E-state index in [1.807, 2.05) is 6.92 Å². The van der Waals surface area contributed by atoms with Crippen LogP contribution in [0.2, 0.25) is 0 Å². The second-order valence-corrected chi connectivity index (χ2v) is 9.48. The Bertz CT molecular complexity index is 1350. The lowest BCUT2D eigenvalue weighted by atomic mass is 9.99. The molecule has 0 amide bonds. The molecule has 172 valence electrons. The summed E-state index contributed by atoms with van der Waals surface area (Å²) in [5.74, 6) is 2.73. The molecule has 0 radical (unpaired) electrons. The molecule has 3 heterocycles. The van der Waals surface area contributed by atoms with Crippen molar-refractivity contribution in [1.29, 1.82) is 0 Å². The highest BCUT2D eigenvalue weighted by molar-refractivity contribution is 7.98. The van der Waals surface area contributed by atoms with Crippen molar-refractivity contribution in [2.75, 3.05) is 0 Å². The average molecular weight is 470 g/mol. The number of nitrogens with zero attached hydrogens (tertiary/aromatic N) is 3. The molecule has 0 fully saturated rings. The molecule has 0 saturated carbocycles. The van der Waals surface area contributed by atoms with Crippen LogP contribution in [0.15, 0.2) is 59.8 Å². The van der Waals surface area contributed by atoms with E-state index in [1.165, 1.54) is 16.7 Å². The van der Waals surface area contributed by atoms with Gasteiger partial charge in [0.1, 0.15) is 5.03 Å². The highest BCUT2D eigenvalue weighted by Crippen LogP contribution is 2.43. The lowest BCUT2D eigenvalue weighted by molar-refractivity contribution is 0.278. The van der Waals surface area contributed by atoms with Gasteiger partial charge in [-0.15, -0.1) is 11.8 Å². The number of fused-ring (bicyclic) bond motifs is 2. The van der Waals surface area contributed by atoms with Crippen LogP contribution < -0.4 is 4.74 Å². The topological polar surface area (TPSA) is 68.1 Å². The van der Waals surface area contributed by atoms with Crippen molar-refractivity contribution >= 4 is 11.8 Å². The van der Waals surface area contributed by atoms with Gasteiger partial charge in [0.25, 0.3) is 0 Å². The zero-order valence-corrected chi connectivity index (χ0v) is 20.4. The molecule has 4 aromatic rings. The van der Waals surface area contributed by atoms with E-state index in [-0.39, 0.29) is 6.61 Å². The molecule has 0 spiro atoms. The predicted octanol–water partition coefficient (Wildman–Crippen LogP) is 6.20. The third-order valence-corrected chi connectivity index (χ3v) is 7.37. The minimum atomic E-state index is -0.0806. The molecule has 1 aliphatic rings. The van der Waals surface area contributed by atoms with E-state index in [9.17, 15) is 5.11 Å². The predicted molar refractivity (Wildman–Crippen MR) is 135 cm³/mol. The van der Waals surface area contributed by atoms with Crippen molar-refractivity contribution in [3.63, 3.8) is 0 Å². The van der Waals surface area contributed by atoms with Gasteiger partial charge in [0.15, 0.2) is 11.6 Å². The summed E-state index contributed by atoms with van der Waals surface area (Å²) in [6.45, 7) is 6.12. The molecule has 5 rings (SSSR count). The minimum absolute atomic E-state index is 0.0806. The van der Waals surface area contributed by atoms with Gasteiger partial charge >= 0.3 is 0 Å². The second-order valence-electron chi connectivity index (χ2n) is 8.52. The highest BCUT2D eigenvalue weighted by Gasteiger charge is 2.27. The quantitative estimate of drug-likeness (QED) is 0.236. The van der Waals surface area contributed by atoms with Crippen LogP contribution in [-0.2, 0) is 25.2 Å². The molecule has 1 N–H and O–H groups in total. The number of aromatic nitrogens is 3. The summed E-state index contributed by atoms with van der Waals surface area (Å²) in [7, 11) is 0. The Hall–Kier alpha value is -3.22. The van der Waals surface area contributed by atoms with Crippen LogP contribution in [0, 0.1) is 13.8 Å². The lowest BCUT2D eigenvalue weighted by Crippen LogP contribution is -2.13. The molecule has 1 aliphatic heterocycles. The van der Waals surface area contributed by atoms with E-state index >= 15 is 0 Å². The summed E-state index contributed by atoms with van der Waals surface area (Å²) in [5, 5.41) is 10.8. The van der Waals surface area contributed by atoms with Gasteiger partial charge in [0.05, 0.1) is 17.9 Å². The summed E-state index contributed by atoms with van der Waals surface area (Å²) >= 11 is 1.70. The highest BCUT2D eigenvalue weighted by atomic mass is 32.2. The van der Waals surface area contributed by atoms with Gasteiger partial charge < -0.3 is 9.84 Å². The third kappa shape index (κ3) is 4.31. The van der Waals surface area contributed by atoms with E-state index in [0.717, 1.165) is 45.1 Å². The first-order valence-electron chi connectivity index (χ1n) is 11.5. The molecular weight excluding hydrogens is 442 g/mol. The maximum Gasteiger partial charge on any atom is 0.227 e. The van der Waals surface area contributed by atoms with Crippen molar-refractivity contribution in [3.05, 3.63) is 93.8 Å². The lowest BCUT2D eigenvalue weighted by Gasteiger charge is -2.24. The Morgan fingerprint density at radius 2 is 1.76 bits per heavy atom. The van der Waals surface area contributed by atoms with Gasteiger partial charge in [0, 0.05) is 35.1 Å². The normalized spacial score (nSPS) is 12.1. The fraction of sp³-hybridized carbons (Fsp3) is 0.250. The van der Waals surface area contributed by atoms with Crippen molar-refractivity contribution in [2.45, 2.75) is 51.0 Å². The molecule has 0 bridgehead atoms. The Labute approximate surface area is 204 Å². The summed E-state index contributed by atoms with van der Waals surface area (Å²) in [4.78, 5) is 14.2. The number of ether oxygens (including phenoxy) is 1. The Kier molecular flexibility index (Phi) is 6.35. The minimum Gasteiger partial charge on any atom is -0.436 e. The van der Waals surface area contributed by atoms with Gasteiger partial charge in [-0.2, -0.15) is 4.98 Å². The second kappa shape index (κ2) is 9.57. The molecule has 0 atom stereocenters. The Balaban J connectivity index is 1.59. The first-order valence-corrected chi connectivity index (χ1v) is 12.5. The van der Waals surface area contributed by atoms with E-state index in [2.05, 4.69) is 67.4 Å². The van der Waals surface area contributed by atoms with E-state index < -0.39 is 0 Å². The summed E-state index contributed by atoms with van der Waals surface area (Å²) in [6.07, 6.45) is 3.32. The maximum absolute atomic E-state index is 9.89. The van der Waals surface area contributed by atoms with E-state index in [4.69, 9.17) is 14.7 Å². The monoisotopic (exact) mass is 469 g/mol. The number of aliphatic hydroxyl groups excluding tert-OH is 1. The SMILES string of the molecule is CCc1ccc(-c2nc3c(c(SCc4ccccc4C)n2)Cc2c(CO)cnc(C)c2O3)cc1. The Morgan fingerprint density at radius 3 is 2.50 bits per heavy atom. The molecule has 34 heavy (non-hydrogen) atoms.